The summed E-state index contributed by atoms with van der Waals surface area (Å²) in [7, 11) is 0. The summed E-state index contributed by atoms with van der Waals surface area (Å²) in [6, 6.07) is 22.2. The van der Waals surface area contributed by atoms with Gasteiger partial charge in [0.25, 0.3) is 0 Å². The number of carbonyl (C=O) groups excluding carboxylic acids is 1. The second-order valence-electron chi connectivity index (χ2n) is 6.16. The molecule has 0 fully saturated rings. The van der Waals surface area contributed by atoms with Gasteiger partial charge in [0.1, 0.15) is 5.03 Å². The van der Waals surface area contributed by atoms with Gasteiger partial charge in [0.2, 0.25) is 5.91 Å². The van der Waals surface area contributed by atoms with Crippen LogP contribution in [0.5, 0.6) is 0 Å². The van der Waals surface area contributed by atoms with Gasteiger partial charge >= 0.3 is 0 Å². The monoisotopic (exact) mass is 373 g/mol. The number of rotatable bonds is 5. The number of nitrogens with zero attached hydrogens (tertiary/aromatic N) is 3. The fourth-order valence-electron chi connectivity index (χ4n) is 3.24. The zero-order valence-corrected chi connectivity index (χ0v) is 15.8. The summed E-state index contributed by atoms with van der Waals surface area (Å²) >= 11 is 1.44. The minimum atomic E-state index is 0.0635. The number of carbonyl (C=O) groups is 1. The van der Waals surface area contributed by atoms with Gasteiger partial charge in [-0.1, -0.05) is 72.4 Å². The van der Waals surface area contributed by atoms with Crippen LogP contribution < -0.4 is 4.90 Å². The lowest BCUT2D eigenvalue weighted by molar-refractivity contribution is -0.116. The maximum Gasteiger partial charge on any atom is 0.237 e. The van der Waals surface area contributed by atoms with Crippen LogP contribution in [0.25, 0.3) is 21.5 Å². The molecule has 0 saturated carbocycles. The summed E-state index contributed by atoms with van der Waals surface area (Å²) in [4.78, 5) is 14.8. The van der Waals surface area contributed by atoms with Crippen LogP contribution in [-0.2, 0) is 4.79 Å². The third-order valence-electron chi connectivity index (χ3n) is 4.54. The molecule has 0 unspecified atom stereocenters. The van der Waals surface area contributed by atoms with Crippen molar-refractivity contribution in [3.05, 3.63) is 72.9 Å². The highest BCUT2D eigenvalue weighted by Crippen LogP contribution is 2.29. The Morgan fingerprint density at radius 1 is 0.926 bits per heavy atom. The van der Waals surface area contributed by atoms with E-state index in [1.165, 1.54) is 11.8 Å². The lowest BCUT2D eigenvalue weighted by atomic mass is 10.1. The minimum Gasteiger partial charge on any atom is -0.311 e. The number of hydrogen-bond acceptors (Lipinski definition) is 4. The summed E-state index contributed by atoms with van der Waals surface area (Å²) in [5, 5.41) is 13.4. The summed E-state index contributed by atoms with van der Waals surface area (Å²) in [6.45, 7) is 2.62. The highest BCUT2D eigenvalue weighted by molar-refractivity contribution is 8.00. The lowest BCUT2D eigenvalue weighted by Gasteiger charge is -2.22. The van der Waals surface area contributed by atoms with Crippen LogP contribution in [0.15, 0.2) is 78.0 Å². The van der Waals surface area contributed by atoms with Gasteiger partial charge in [0, 0.05) is 22.7 Å². The quantitative estimate of drug-likeness (QED) is 0.466. The van der Waals surface area contributed by atoms with Crippen molar-refractivity contribution in [3.63, 3.8) is 0 Å². The molecule has 0 N–H and O–H groups in total. The van der Waals surface area contributed by atoms with Gasteiger partial charge in [-0.15, -0.1) is 5.10 Å². The molecular weight excluding hydrogens is 354 g/mol. The normalized spacial score (nSPS) is 11.0. The lowest BCUT2D eigenvalue weighted by Crippen LogP contribution is -2.32. The predicted octanol–water partition coefficient (Wildman–Crippen LogP) is 4.93. The van der Waals surface area contributed by atoms with Crippen molar-refractivity contribution in [2.75, 3.05) is 17.2 Å². The number of fused-ring (bicyclic) bond motifs is 2. The number of anilines is 1. The SMILES string of the molecule is CCN(C(=O)CSc1nncc2ccccc12)c1cccc2ccccc12. The molecule has 1 aromatic heterocycles. The van der Waals surface area contributed by atoms with E-state index in [-0.39, 0.29) is 5.91 Å². The van der Waals surface area contributed by atoms with Gasteiger partial charge in [-0.05, 0) is 18.4 Å². The van der Waals surface area contributed by atoms with Gasteiger partial charge in [-0.2, -0.15) is 5.10 Å². The molecule has 0 saturated heterocycles. The van der Waals surface area contributed by atoms with Gasteiger partial charge in [-0.3, -0.25) is 4.79 Å². The number of benzene rings is 3. The van der Waals surface area contributed by atoms with Gasteiger partial charge in [0.05, 0.1) is 17.6 Å². The molecule has 3 aromatic carbocycles. The molecule has 134 valence electrons. The van der Waals surface area contributed by atoms with E-state index in [0.29, 0.717) is 12.3 Å². The average Bonchev–Trinajstić information content (AvgIpc) is 2.73. The Morgan fingerprint density at radius 3 is 2.44 bits per heavy atom. The van der Waals surface area contributed by atoms with Crippen LogP contribution in [0.1, 0.15) is 6.92 Å². The van der Waals surface area contributed by atoms with Crippen molar-refractivity contribution in [1.82, 2.24) is 10.2 Å². The Labute approximate surface area is 162 Å². The van der Waals surface area contributed by atoms with Crippen molar-refractivity contribution >= 4 is 44.9 Å². The topological polar surface area (TPSA) is 46.1 Å². The van der Waals surface area contributed by atoms with Crippen LogP contribution >= 0.6 is 11.8 Å². The van der Waals surface area contributed by atoms with E-state index in [1.807, 2.05) is 60.4 Å². The van der Waals surface area contributed by atoms with Crippen LogP contribution in [0.4, 0.5) is 5.69 Å². The van der Waals surface area contributed by atoms with E-state index in [2.05, 4.69) is 28.4 Å². The standard InChI is InChI=1S/C22H19N3OS/c1-2-25(20-13-7-10-16-8-3-5-11-18(16)20)21(26)15-27-22-19-12-6-4-9-17(19)14-23-24-22/h3-14H,2,15H2,1H3. The predicted molar refractivity (Wildman–Crippen MR) is 112 cm³/mol. The Kier molecular flexibility index (Phi) is 5.03. The number of aromatic nitrogens is 2. The maximum absolute atomic E-state index is 13.0. The van der Waals surface area contributed by atoms with E-state index >= 15 is 0 Å². The summed E-state index contributed by atoms with van der Waals surface area (Å²) in [5.41, 5.74) is 0.949. The van der Waals surface area contributed by atoms with Crippen LogP contribution in [0, 0.1) is 0 Å². The molecule has 0 atom stereocenters. The Balaban J connectivity index is 1.59. The fourth-order valence-corrected chi connectivity index (χ4v) is 4.10. The van der Waals surface area contributed by atoms with E-state index in [1.54, 1.807) is 6.20 Å². The molecule has 0 radical (unpaired) electrons. The molecule has 0 aliphatic rings. The van der Waals surface area contributed by atoms with Gasteiger partial charge in [-0.25, -0.2) is 0 Å². The molecule has 0 aliphatic carbocycles. The number of thioether (sulfide) groups is 1. The first kappa shape index (κ1) is 17.5. The Morgan fingerprint density at radius 2 is 1.63 bits per heavy atom. The molecule has 5 heteroatoms. The van der Waals surface area contributed by atoms with Gasteiger partial charge < -0.3 is 4.90 Å². The smallest absolute Gasteiger partial charge is 0.237 e. The molecule has 27 heavy (non-hydrogen) atoms. The summed E-state index contributed by atoms with van der Waals surface area (Å²) in [5.74, 6) is 0.383. The molecular formula is C22H19N3OS. The fraction of sp³-hybridized carbons (Fsp3) is 0.136. The largest absolute Gasteiger partial charge is 0.311 e. The second-order valence-corrected chi connectivity index (χ2v) is 7.13. The second kappa shape index (κ2) is 7.76. The first-order valence-electron chi connectivity index (χ1n) is 8.89. The van der Waals surface area contributed by atoms with Crippen LogP contribution in [0.2, 0.25) is 0 Å². The van der Waals surface area contributed by atoms with Crippen molar-refractivity contribution in [2.24, 2.45) is 0 Å². The van der Waals surface area contributed by atoms with Crippen molar-refractivity contribution in [2.45, 2.75) is 11.9 Å². The maximum atomic E-state index is 13.0. The van der Waals surface area contributed by atoms with E-state index in [9.17, 15) is 4.79 Å². The zero-order valence-electron chi connectivity index (χ0n) is 15.0. The highest BCUT2D eigenvalue weighted by atomic mass is 32.2. The van der Waals surface area contributed by atoms with Crippen molar-refractivity contribution in [3.8, 4) is 0 Å². The Hall–Kier alpha value is -2.92. The zero-order chi connectivity index (χ0) is 18.6. The molecule has 4 nitrogen and oxygen atoms in total. The summed E-state index contributed by atoms with van der Waals surface area (Å²) in [6.07, 6.45) is 1.75. The van der Waals surface area contributed by atoms with Gasteiger partial charge in [0.15, 0.2) is 0 Å². The van der Waals surface area contributed by atoms with Crippen LogP contribution in [-0.4, -0.2) is 28.4 Å². The third kappa shape index (κ3) is 3.51. The first-order chi connectivity index (χ1) is 13.3. The minimum absolute atomic E-state index is 0.0635. The summed E-state index contributed by atoms with van der Waals surface area (Å²) < 4.78 is 0. The van der Waals surface area contributed by atoms with E-state index in [0.717, 1.165) is 32.3 Å². The molecule has 0 spiro atoms. The molecule has 4 rings (SSSR count). The van der Waals surface area contributed by atoms with Crippen molar-refractivity contribution < 1.29 is 4.79 Å². The first-order valence-corrected chi connectivity index (χ1v) is 9.88. The number of hydrogen-bond donors (Lipinski definition) is 0. The Bertz CT molecular complexity index is 1100. The van der Waals surface area contributed by atoms with E-state index in [4.69, 9.17) is 0 Å². The number of amides is 1. The molecule has 0 aliphatic heterocycles. The molecule has 1 heterocycles. The molecule has 4 aromatic rings. The van der Waals surface area contributed by atoms with E-state index < -0.39 is 0 Å². The average molecular weight is 373 g/mol. The van der Waals surface area contributed by atoms with Crippen molar-refractivity contribution in [1.29, 1.82) is 0 Å². The third-order valence-corrected chi connectivity index (χ3v) is 5.51. The van der Waals surface area contributed by atoms with Crippen LogP contribution in [0.3, 0.4) is 0 Å². The molecule has 1 amide bonds. The highest BCUT2D eigenvalue weighted by Gasteiger charge is 2.17. The molecule has 0 bridgehead atoms.